The molecule has 0 radical (unpaired) electrons. The topological polar surface area (TPSA) is 61.9 Å². The van der Waals surface area contributed by atoms with E-state index in [0.29, 0.717) is 23.0 Å². The smallest absolute Gasteiger partial charge is 0.233 e. The van der Waals surface area contributed by atoms with Gasteiger partial charge in [0, 0.05) is 17.6 Å². The number of nitrogens with zero attached hydrogens (tertiary/aromatic N) is 3. The van der Waals surface area contributed by atoms with Crippen LogP contribution in [0.3, 0.4) is 0 Å². The van der Waals surface area contributed by atoms with E-state index in [-0.39, 0.29) is 5.91 Å². The van der Waals surface area contributed by atoms with Crippen molar-refractivity contribution in [2.75, 3.05) is 5.75 Å². The second-order valence-electron chi connectivity index (χ2n) is 6.05. The average molecular weight is 330 g/mol. The number of likely N-dealkylation sites (tertiary alicyclic amines) is 1. The summed E-state index contributed by atoms with van der Waals surface area (Å²) in [5.74, 6) is 1.31. The maximum atomic E-state index is 12.5. The van der Waals surface area contributed by atoms with Crippen LogP contribution in [0.15, 0.2) is 35.5 Å². The van der Waals surface area contributed by atoms with E-state index < -0.39 is 0 Å². The van der Waals surface area contributed by atoms with Gasteiger partial charge in [-0.3, -0.25) is 9.89 Å². The minimum atomic E-state index is 0.181. The van der Waals surface area contributed by atoms with Crippen LogP contribution in [0.5, 0.6) is 0 Å². The summed E-state index contributed by atoms with van der Waals surface area (Å²) in [4.78, 5) is 19.0. The van der Waals surface area contributed by atoms with E-state index in [9.17, 15) is 4.79 Å². The highest BCUT2D eigenvalue weighted by Crippen LogP contribution is 2.25. The fourth-order valence-electron chi connectivity index (χ4n) is 3.15. The largest absolute Gasteiger partial charge is 0.337 e. The highest BCUT2D eigenvalue weighted by Gasteiger charge is 2.28. The lowest BCUT2D eigenvalue weighted by atomic mass is 9.98. The average Bonchev–Trinajstić information content (AvgIpc) is 3.02. The Kier molecular flexibility index (Phi) is 5.00. The first kappa shape index (κ1) is 16.1. The zero-order valence-electron chi connectivity index (χ0n) is 13.5. The molecule has 122 valence electrons. The predicted octanol–water partition coefficient (Wildman–Crippen LogP) is 3.35. The molecule has 3 rings (SSSR count). The van der Waals surface area contributed by atoms with Crippen LogP contribution >= 0.6 is 11.8 Å². The Balaban J connectivity index is 1.60. The molecule has 6 heteroatoms. The molecule has 1 aliphatic heterocycles. The second kappa shape index (κ2) is 7.17. The third-order valence-corrected chi connectivity index (χ3v) is 5.15. The van der Waals surface area contributed by atoms with Gasteiger partial charge in [0.2, 0.25) is 11.1 Å². The number of benzene rings is 1. The molecule has 1 aromatic carbocycles. The minimum Gasteiger partial charge on any atom is -0.337 e. The van der Waals surface area contributed by atoms with Crippen molar-refractivity contribution in [1.29, 1.82) is 0 Å². The van der Waals surface area contributed by atoms with Crippen LogP contribution in [-0.2, 0) is 4.79 Å². The number of nitrogens with one attached hydrogen (secondary N) is 1. The summed E-state index contributed by atoms with van der Waals surface area (Å²) in [7, 11) is 0. The predicted molar refractivity (Wildman–Crippen MR) is 92.2 cm³/mol. The Morgan fingerprint density at radius 2 is 1.96 bits per heavy atom. The first-order valence-electron chi connectivity index (χ1n) is 8.07. The second-order valence-corrected chi connectivity index (χ2v) is 6.99. The van der Waals surface area contributed by atoms with Gasteiger partial charge in [-0.15, -0.1) is 5.10 Å². The monoisotopic (exact) mass is 330 g/mol. The molecule has 2 unspecified atom stereocenters. The molecule has 2 atom stereocenters. The standard InChI is InChI=1S/C17H22N4OS/c1-12-7-6-8-13(2)21(12)15(22)11-23-17-18-16(19-20-17)14-9-4-3-5-10-14/h3-5,9-10,12-13H,6-8,11H2,1-2H3,(H,18,19,20). The van der Waals surface area contributed by atoms with Gasteiger partial charge >= 0.3 is 0 Å². The van der Waals surface area contributed by atoms with E-state index in [4.69, 9.17) is 0 Å². The number of thioether (sulfide) groups is 1. The molecule has 5 nitrogen and oxygen atoms in total. The zero-order chi connectivity index (χ0) is 16.2. The van der Waals surface area contributed by atoms with Crippen molar-refractivity contribution in [3.8, 4) is 11.4 Å². The van der Waals surface area contributed by atoms with E-state index in [1.54, 1.807) is 0 Å². The number of hydrogen-bond acceptors (Lipinski definition) is 4. The van der Waals surface area contributed by atoms with Crippen LogP contribution in [0, 0.1) is 0 Å². The van der Waals surface area contributed by atoms with Crippen LogP contribution in [0.4, 0.5) is 0 Å². The van der Waals surface area contributed by atoms with Gasteiger partial charge in [-0.25, -0.2) is 4.98 Å². The number of rotatable bonds is 4. The highest BCUT2D eigenvalue weighted by atomic mass is 32.2. The first-order chi connectivity index (χ1) is 11.1. The number of hydrogen-bond donors (Lipinski definition) is 1. The van der Waals surface area contributed by atoms with Crippen molar-refractivity contribution >= 4 is 17.7 Å². The molecule has 23 heavy (non-hydrogen) atoms. The molecule has 0 saturated carbocycles. The molecule has 1 N–H and O–H groups in total. The fourth-order valence-corrected chi connectivity index (χ4v) is 3.82. The number of aromatic nitrogens is 3. The molecule has 1 amide bonds. The lowest BCUT2D eigenvalue weighted by Crippen LogP contribution is -2.48. The Hall–Kier alpha value is -1.82. The van der Waals surface area contributed by atoms with Crippen LogP contribution in [0.1, 0.15) is 33.1 Å². The summed E-state index contributed by atoms with van der Waals surface area (Å²) in [5.41, 5.74) is 0.997. The van der Waals surface area contributed by atoms with Crippen molar-refractivity contribution in [3.05, 3.63) is 30.3 Å². The van der Waals surface area contributed by atoms with Gasteiger partial charge in [-0.1, -0.05) is 42.1 Å². The van der Waals surface area contributed by atoms with Gasteiger partial charge in [0.15, 0.2) is 5.82 Å². The van der Waals surface area contributed by atoms with Gasteiger partial charge in [0.05, 0.1) is 5.75 Å². The minimum absolute atomic E-state index is 0.181. The summed E-state index contributed by atoms with van der Waals surface area (Å²) in [6.45, 7) is 4.27. The third-order valence-electron chi connectivity index (χ3n) is 4.32. The summed E-state index contributed by atoms with van der Waals surface area (Å²) in [5, 5.41) is 7.76. The lowest BCUT2D eigenvalue weighted by Gasteiger charge is -2.39. The van der Waals surface area contributed by atoms with Gasteiger partial charge in [0.1, 0.15) is 0 Å². The van der Waals surface area contributed by atoms with Crippen molar-refractivity contribution in [2.24, 2.45) is 0 Å². The van der Waals surface area contributed by atoms with Crippen LogP contribution in [0.25, 0.3) is 11.4 Å². The summed E-state index contributed by atoms with van der Waals surface area (Å²) in [6.07, 6.45) is 3.40. The number of amides is 1. The highest BCUT2D eigenvalue weighted by molar-refractivity contribution is 7.99. The molecular formula is C17H22N4OS. The molecule has 0 bridgehead atoms. The lowest BCUT2D eigenvalue weighted by molar-refractivity contribution is -0.134. The number of carbonyl (C=O) groups is 1. The molecule has 1 fully saturated rings. The van der Waals surface area contributed by atoms with Crippen LogP contribution in [0.2, 0.25) is 0 Å². The maximum Gasteiger partial charge on any atom is 0.233 e. The Labute approximate surface area is 140 Å². The SMILES string of the molecule is CC1CCCC(C)N1C(=O)CSc1n[nH]c(-c2ccccc2)n1. The molecule has 1 saturated heterocycles. The first-order valence-corrected chi connectivity index (χ1v) is 9.05. The van der Waals surface area contributed by atoms with Crippen molar-refractivity contribution in [1.82, 2.24) is 20.1 Å². The van der Waals surface area contributed by atoms with E-state index >= 15 is 0 Å². The summed E-state index contributed by atoms with van der Waals surface area (Å²) in [6, 6.07) is 10.5. The van der Waals surface area contributed by atoms with Gasteiger partial charge < -0.3 is 4.90 Å². The third kappa shape index (κ3) is 3.75. The van der Waals surface area contributed by atoms with E-state index in [1.165, 1.54) is 18.2 Å². The van der Waals surface area contributed by atoms with Crippen molar-refractivity contribution in [3.63, 3.8) is 0 Å². The van der Waals surface area contributed by atoms with Gasteiger partial charge in [-0.2, -0.15) is 0 Å². The van der Waals surface area contributed by atoms with Crippen molar-refractivity contribution in [2.45, 2.75) is 50.4 Å². The van der Waals surface area contributed by atoms with Crippen LogP contribution < -0.4 is 0 Å². The Bertz CT molecular complexity index is 648. The zero-order valence-corrected chi connectivity index (χ0v) is 14.3. The van der Waals surface area contributed by atoms with E-state index in [0.717, 1.165) is 24.2 Å². The number of aromatic amines is 1. The quantitative estimate of drug-likeness (QED) is 0.873. The molecule has 0 aliphatic carbocycles. The Morgan fingerprint density at radius 1 is 1.26 bits per heavy atom. The maximum absolute atomic E-state index is 12.5. The molecule has 0 spiro atoms. The molecule has 2 aromatic rings. The molecule has 2 heterocycles. The van der Waals surface area contributed by atoms with Gasteiger partial charge in [-0.05, 0) is 33.1 Å². The molecule has 1 aromatic heterocycles. The fraction of sp³-hybridized carbons (Fsp3) is 0.471. The van der Waals surface area contributed by atoms with Crippen molar-refractivity contribution < 1.29 is 4.79 Å². The summed E-state index contributed by atoms with van der Waals surface area (Å²) >= 11 is 1.40. The number of H-pyrrole nitrogens is 1. The summed E-state index contributed by atoms with van der Waals surface area (Å²) < 4.78 is 0. The number of carbonyl (C=O) groups excluding carboxylic acids is 1. The van der Waals surface area contributed by atoms with Gasteiger partial charge in [0.25, 0.3) is 0 Å². The molecule has 1 aliphatic rings. The Morgan fingerprint density at radius 3 is 2.65 bits per heavy atom. The van der Waals surface area contributed by atoms with Crippen LogP contribution in [-0.4, -0.2) is 43.8 Å². The molecular weight excluding hydrogens is 308 g/mol. The normalized spacial score (nSPS) is 21.4. The van der Waals surface area contributed by atoms with E-state index in [2.05, 4.69) is 29.0 Å². The number of piperidine rings is 1. The van der Waals surface area contributed by atoms with E-state index in [1.807, 2.05) is 35.2 Å².